The fourth-order valence-electron chi connectivity index (χ4n) is 3.20. The molecule has 0 radical (unpaired) electrons. The largest absolute Gasteiger partial charge is 0.465 e. The Kier molecular flexibility index (Phi) is 8.89. The van der Waals surface area contributed by atoms with Crippen molar-refractivity contribution in [2.45, 2.75) is 12.5 Å². The number of carbonyl (C=O) groups excluding carboxylic acids is 5. The molecular weight excluding hydrogens is 434 g/mol. The van der Waals surface area contributed by atoms with Crippen molar-refractivity contribution >= 4 is 35.5 Å². The molecule has 178 valence electrons. The topological polar surface area (TPSA) is 165 Å². The summed E-state index contributed by atoms with van der Waals surface area (Å²) in [6.45, 7) is -0.881. The molecule has 0 saturated carbocycles. The lowest BCUT2D eigenvalue weighted by molar-refractivity contribution is -0.139. The maximum atomic E-state index is 12.4. The summed E-state index contributed by atoms with van der Waals surface area (Å²) in [6, 6.07) is 7.60. The second-order valence-corrected chi connectivity index (χ2v) is 7.68. The highest BCUT2D eigenvalue weighted by Gasteiger charge is 2.31. The van der Waals surface area contributed by atoms with Crippen LogP contribution in [-0.4, -0.2) is 90.7 Å². The number of Topliss-reactive ketones (excluding diaryl/α,β-unsaturated/α-hetero) is 1. The Balaban J connectivity index is 1.80. The molecule has 1 heterocycles. The van der Waals surface area contributed by atoms with Crippen molar-refractivity contribution in [3.8, 4) is 0 Å². The minimum absolute atomic E-state index is 0.0238. The van der Waals surface area contributed by atoms with Crippen LogP contribution in [0.1, 0.15) is 18.0 Å². The molecule has 5 amide bonds. The fraction of sp³-hybridized carbons (Fsp3) is 0.429. The number of likely N-dealkylation sites (tertiary alicyclic amines) is 1. The third kappa shape index (κ3) is 7.30. The number of nitrogens with zero attached hydrogens (tertiary/aromatic N) is 2. The monoisotopic (exact) mass is 461 g/mol. The van der Waals surface area contributed by atoms with Gasteiger partial charge in [-0.05, 0) is 12.0 Å². The Morgan fingerprint density at radius 2 is 1.73 bits per heavy atom. The molecule has 1 fully saturated rings. The number of amides is 5. The number of rotatable bonds is 9. The Hall–Kier alpha value is -3.96. The molecule has 12 heteroatoms. The standard InChI is InChI=1S/C21H27N5O7/c1-25(2)20(31)17(13-6-4-3-5-7-13)24-16(28)11-23-19(30)15(27)10-22-18(29)14-8-9-26(12-14)21(32)33/h3-7,14,17H,8-12H2,1-2H3,(H,22,29)(H,23,30)(H,24,28)(H,32,33)/t14-,17-/m0/s1. The number of carboxylic acid groups (broad SMARTS) is 1. The summed E-state index contributed by atoms with van der Waals surface area (Å²) in [5.41, 5.74) is 0.558. The normalized spacial score (nSPS) is 15.8. The van der Waals surface area contributed by atoms with Crippen LogP contribution in [0.4, 0.5) is 4.79 Å². The zero-order valence-corrected chi connectivity index (χ0v) is 18.4. The predicted octanol–water partition coefficient (Wildman–Crippen LogP) is -1.27. The van der Waals surface area contributed by atoms with Crippen molar-refractivity contribution in [3.63, 3.8) is 0 Å². The average Bonchev–Trinajstić information content (AvgIpc) is 3.30. The van der Waals surface area contributed by atoms with Crippen molar-refractivity contribution < 1.29 is 33.9 Å². The van der Waals surface area contributed by atoms with E-state index >= 15 is 0 Å². The zero-order chi connectivity index (χ0) is 24.5. The second-order valence-electron chi connectivity index (χ2n) is 7.68. The molecule has 2 rings (SSSR count). The highest BCUT2D eigenvalue weighted by atomic mass is 16.4. The molecule has 1 saturated heterocycles. The molecule has 12 nitrogen and oxygen atoms in total. The molecule has 0 unspecified atom stereocenters. The van der Waals surface area contributed by atoms with Crippen LogP contribution in [0.3, 0.4) is 0 Å². The van der Waals surface area contributed by atoms with Gasteiger partial charge >= 0.3 is 6.09 Å². The highest BCUT2D eigenvalue weighted by molar-refractivity contribution is 6.37. The van der Waals surface area contributed by atoms with Gasteiger partial charge in [0.2, 0.25) is 23.5 Å². The number of hydrogen-bond donors (Lipinski definition) is 4. The molecule has 4 N–H and O–H groups in total. The van der Waals surface area contributed by atoms with Gasteiger partial charge in [-0.3, -0.25) is 24.0 Å². The van der Waals surface area contributed by atoms with E-state index in [4.69, 9.17) is 5.11 Å². The molecule has 1 aliphatic heterocycles. The van der Waals surface area contributed by atoms with E-state index in [0.717, 1.165) is 4.90 Å². The van der Waals surface area contributed by atoms with Gasteiger partial charge in [-0.25, -0.2) is 4.79 Å². The SMILES string of the molecule is CN(C)C(=O)[C@@H](NC(=O)CNC(=O)C(=O)CNC(=O)[C@H]1CCN(C(=O)O)C1)c1ccccc1. The average molecular weight is 461 g/mol. The van der Waals surface area contributed by atoms with Gasteiger partial charge in [0.25, 0.3) is 5.91 Å². The molecule has 0 bridgehead atoms. The Morgan fingerprint density at radius 1 is 1.06 bits per heavy atom. The van der Waals surface area contributed by atoms with E-state index in [1.807, 2.05) is 0 Å². The first-order valence-electron chi connectivity index (χ1n) is 10.2. The number of ketones is 1. The van der Waals surface area contributed by atoms with E-state index in [1.165, 1.54) is 4.90 Å². The molecule has 1 aliphatic rings. The molecule has 1 aromatic carbocycles. The van der Waals surface area contributed by atoms with Gasteiger partial charge in [0.1, 0.15) is 6.04 Å². The van der Waals surface area contributed by atoms with Crippen molar-refractivity contribution in [1.29, 1.82) is 0 Å². The maximum absolute atomic E-state index is 12.4. The van der Waals surface area contributed by atoms with Gasteiger partial charge in [-0.15, -0.1) is 0 Å². The molecule has 0 spiro atoms. The minimum atomic E-state index is -1.12. The van der Waals surface area contributed by atoms with Gasteiger partial charge < -0.3 is 30.9 Å². The third-order valence-corrected chi connectivity index (χ3v) is 5.04. The summed E-state index contributed by atoms with van der Waals surface area (Å²) in [5.74, 6) is -4.19. The maximum Gasteiger partial charge on any atom is 0.407 e. The molecule has 0 aromatic heterocycles. The predicted molar refractivity (Wildman–Crippen MR) is 115 cm³/mol. The summed E-state index contributed by atoms with van der Waals surface area (Å²) in [4.78, 5) is 74.0. The van der Waals surface area contributed by atoms with E-state index in [2.05, 4.69) is 16.0 Å². The summed E-state index contributed by atoms with van der Waals surface area (Å²) >= 11 is 0. The van der Waals surface area contributed by atoms with Crippen molar-refractivity contribution in [3.05, 3.63) is 35.9 Å². The Labute approximate surface area is 190 Å². The summed E-state index contributed by atoms with van der Waals surface area (Å²) < 4.78 is 0. The van der Waals surface area contributed by atoms with Crippen molar-refractivity contribution in [1.82, 2.24) is 25.8 Å². The third-order valence-electron chi connectivity index (χ3n) is 5.04. The molecule has 33 heavy (non-hydrogen) atoms. The number of hydrogen-bond acceptors (Lipinski definition) is 6. The Morgan fingerprint density at radius 3 is 2.30 bits per heavy atom. The smallest absolute Gasteiger partial charge is 0.407 e. The lowest BCUT2D eigenvalue weighted by Crippen LogP contribution is -2.46. The first-order valence-corrected chi connectivity index (χ1v) is 10.2. The van der Waals surface area contributed by atoms with Crippen LogP contribution in [0, 0.1) is 5.92 Å². The van der Waals surface area contributed by atoms with E-state index in [0.29, 0.717) is 12.0 Å². The van der Waals surface area contributed by atoms with E-state index in [1.54, 1.807) is 44.4 Å². The quantitative estimate of drug-likeness (QED) is 0.333. The van der Waals surface area contributed by atoms with Crippen LogP contribution in [0.5, 0.6) is 0 Å². The van der Waals surface area contributed by atoms with Crippen LogP contribution < -0.4 is 16.0 Å². The number of likely N-dealkylation sites (N-methyl/N-ethyl adjacent to an activating group) is 1. The van der Waals surface area contributed by atoms with Gasteiger partial charge in [0.05, 0.1) is 19.0 Å². The number of carbonyl (C=O) groups is 6. The molecule has 2 atom stereocenters. The van der Waals surface area contributed by atoms with E-state index < -0.39 is 54.6 Å². The van der Waals surface area contributed by atoms with E-state index in [9.17, 15) is 28.8 Å². The van der Waals surface area contributed by atoms with Crippen molar-refractivity contribution in [2.75, 3.05) is 40.3 Å². The summed E-state index contributed by atoms with van der Waals surface area (Å²) in [5, 5.41) is 15.9. The van der Waals surface area contributed by atoms with Crippen LogP contribution in [0.25, 0.3) is 0 Å². The number of benzene rings is 1. The molecule has 0 aliphatic carbocycles. The van der Waals surface area contributed by atoms with Gasteiger partial charge in [-0.1, -0.05) is 30.3 Å². The van der Waals surface area contributed by atoms with Gasteiger partial charge in [0, 0.05) is 27.2 Å². The fourth-order valence-corrected chi connectivity index (χ4v) is 3.20. The summed E-state index contributed by atoms with van der Waals surface area (Å²) in [7, 11) is 3.09. The molecular formula is C21H27N5O7. The van der Waals surface area contributed by atoms with Crippen LogP contribution in [0.15, 0.2) is 30.3 Å². The lowest BCUT2D eigenvalue weighted by atomic mass is 10.1. The first kappa shape index (κ1) is 25.3. The lowest BCUT2D eigenvalue weighted by Gasteiger charge is -2.22. The first-order chi connectivity index (χ1) is 15.6. The second kappa shape index (κ2) is 11.6. The molecule has 1 aromatic rings. The van der Waals surface area contributed by atoms with Crippen LogP contribution in [0.2, 0.25) is 0 Å². The van der Waals surface area contributed by atoms with Crippen LogP contribution >= 0.6 is 0 Å². The zero-order valence-electron chi connectivity index (χ0n) is 18.4. The van der Waals surface area contributed by atoms with E-state index in [-0.39, 0.29) is 19.0 Å². The number of nitrogens with one attached hydrogen (secondary N) is 3. The van der Waals surface area contributed by atoms with Gasteiger partial charge in [-0.2, -0.15) is 0 Å². The highest BCUT2D eigenvalue weighted by Crippen LogP contribution is 2.16. The Bertz CT molecular complexity index is 919. The minimum Gasteiger partial charge on any atom is -0.465 e. The van der Waals surface area contributed by atoms with Gasteiger partial charge in [0.15, 0.2) is 0 Å². The summed E-state index contributed by atoms with van der Waals surface area (Å²) in [6.07, 6.45) is -0.798. The van der Waals surface area contributed by atoms with Crippen molar-refractivity contribution in [2.24, 2.45) is 5.92 Å². The van der Waals surface area contributed by atoms with Crippen LogP contribution in [-0.2, 0) is 24.0 Å².